The summed E-state index contributed by atoms with van der Waals surface area (Å²) in [7, 11) is 0. The van der Waals surface area contributed by atoms with Crippen LogP contribution in [-0.4, -0.2) is 52.5 Å². The van der Waals surface area contributed by atoms with Crippen LogP contribution in [0.3, 0.4) is 0 Å². The Balaban J connectivity index is 7.24. The number of Topliss-reactive ketones (excluding diaryl/α,β-unsaturated/α-hetero) is 3. The average molecular weight is 366 g/mol. The van der Waals surface area contributed by atoms with Crippen molar-refractivity contribution in [3.8, 4) is 0 Å². The molecule has 0 aromatic carbocycles. The average Bonchev–Trinajstić information content (AvgIpc) is 2.60. The molecule has 0 aliphatic carbocycles. The van der Waals surface area contributed by atoms with E-state index in [0.717, 1.165) is 0 Å². The number of hydrogen-bond acceptors (Lipinski definition) is 6. The minimum absolute atomic E-state index is 0.0414. The van der Waals surface area contributed by atoms with Gasteiger partial charge in [-0.2, -0.15) is 0 Å². The lowest BCUT2D eigenvalue weighted by molar-refractivity contribution is -0.167. The Hall–Kier alpha value is -1.89. The lowest BCUT2D eigenvalue weighted by Crippen LogP contribution is -2.61. The molecule has 3 N–H and O–H groups in total. The lowest BCUT2D eigenvalue weighted by Gasteiger charge is -2.50. The molecule has 0 saturated carbocycles. The van der Waals surface area contributed by atoms with E-state index in [1.807, 2.05) is 0 Å². The molecule has 0 spiro atoms. The normalized spacial score (nSPS) is 13.8. The molecule has 0 aliphatic rings. The van der Waals surface area contributed by atoms with Crippen molar-refractivity contribution in [1.29, 1.82) is 0 Å². The molecule has 146 valence electrons. The zero-order valence-electron chi connectivity index (χ0n) is 16.1. The standard InChI is InChI=1S/C20H30O6/c1-8-20(18(26)14(6)7,19(9-21,10-22)11-23)15(16(24)12(2)3)17(25)13(4)5/h15,21-23H,2,4,6,8-11H2,1,3,5,7H3. The zero-order chi connectivity index (χ0) is 20.9. The highest BCUT2D eigenvalue weighted by Crippen LogP contribution is 2.51. The van der Waals surface area contributed by atoms with Gasteiger partial charge in [-0.15, -0.1) is 0 Å². The zero-order valence-corrected chi connectivity index (χ0v) is 16.1. The summed E-state index contributed by atoms with van der Waals surface area (Å²) in [4.78, 5) is 39.1. The minimum Gasteiger partial charge on any atom is -0.396 e. The maximum Gasteiger partial charge on any atom is 0.169 e. The Morgan fingerprint density at radius 1 is 0.808 bits per heavy atom. The predicted octanol–water partition coefficient (Wildman–Crippen LogP) is 1.40. The first kappa shape index (κ1) is 24.1. The summed E-state index contributed by atoms with van der Waals surface area (Å²) in [5.74, 6) is -3.66. The third-order valence-corrected chi connectivity index (χ3v) is 5.06. The Bertz CT molecular complexity index is 592. The Kier molecular flexibility index (Phi) is 8.50. The highest BCUT2D eigenvalue weighted by atomic mass is 16.3. The molecular weight excluding hydrogens is 336 g/mol. The summed E-state index contributed by atoms with van der Waals surface area (Å²) in [5.41, 5.74) is -3.60. The molecule has 0 bridgehead atoms. The Morgan fingerprint density at radius 3 is 1.35 bits per heavy atom. The van der Waals surface area contributed by atoms with E-state index in [4.69, 9.17) is 0 Å². The lowest BCUT2D eigenvalue weighted by atomic mass is 9.51. The van der Waals surface area contributed by atoms with Crippen molar-refractivity contribution in [2.24, 2.45) is 16.7 Å². The number of ketones is 3. The quantitative estimate of drug-likeness (QED) is 0.355. The van der Waals surface area contributed by atoms with Crippen LogP contribution in [0.2, 0.25) is 0 Å². The fourth-order valence-electron chi connectivity index (χ4n) is 3.43. The number of aliphatic hydroxyl groups is 3. The van der Waals surface area contributed by atoms with E-state index in [0.29, 0.717) is 0 Å². The van der Waals surface area contributed by atoms with Gasteiger partial charge >= 0.3 is 0 Å². The molecule has 1 unspecified atom stereocenters. The van der Waals surface area contributed by atoms with E-state index in [-0.39, 0.29) is 23.1 Å². The van der Waals surface area contributed by atoms with Gasteiger partial charge in [0.05, 0.1) is 36.6 Å². The summed E-state index contributed by atoms with van der Waals surface area (Å²) in [6, 6.07) is 0. The molecule has 0 saturated heterocycles. The van der Waals surface area contributed by atoms with Crippen molar-refractivity contribution >= 4 is 17.3 Å². The van der Waals surface area contributed by atoms with Crippen LogP contribution in [0.4, 0.5) is 0 Å². The molecule has 0 aromatic heterocycles. The minimum atomic E-state index is -1.90. The third-order valence-electron chi connectivity index (χ3n) is 5.06. The van der Waals surface area contributed by atoms with Crippen LogP contribution in [0, 0.1) is 16.7 Å². The van der Waals surface area contributed by atoms with Gasteiger partial charge in [0.2, 0.25) is 0 Å². The van der Waals surface area contributed by atoms with E-state index in [1.54, 1.807) is 6.92 Å². The summed E-state index contributed by atoms with van der Waals surface area (Å²) in [6.07, 6.45) is -0.0942. The van der Waals surface area contributed by atoms with Crippen LogP contribution in [-0.2, 0) is 14.4 Å². The first-order chi connectivity index (χ1) is 11.9. The first-order valence-corrected chi connectivity index (χ1v) is 8.36. The van der Waals surface area contributed by atoms with E-state index in [9.17, 15) is 29.7 Å². The fraction of sp³-hybridized carbons (Fsp3) is 0.550. The van der Waals surface area contributed by atoms with Crippen molar-refractivity contribution in [2.45, 2.75) is 34.1 Å². The van der Waals surface area contributed by atoms with E-state index in [1.165, 1.54) is 20.8 Å². The molecule has 0 aliphatic heterocycles. The van der Waals surface area contributed by atoms with Gasteiger partial charge in [-0.3, -0.25) is 14.4 Å². The molecule has 26 heavy (non-hydrogen) atoms. The van der Waals surface area contributed by atoms with Crippen molar-refractivity contribution in [2.75, 3.05) is 19.8 Å². The molecule has 0 aromatic rings. The van der Waals surface area contributed by atoms with E-state index >= 15 is 0 Å². The fourth-order valence-corrected chi connectivity index (χ4v) is 3.43. The molecule has 6 nitrogen and oxygen atoms in total. The predicted molar refractivity (Wildman–Crippen MR) is 99.4 cm³/mol. The molecule has 1 atom stereocenters. The van der Waals surface area contributed by atoms with Gasteiger partial charge in [-0.05, 0) is 43.9 Å². The largest absolute Gasteiger partial charge is 0.396 e. The van der Waals surface area contributed by atoms with Crippen LogP contribution in [0.15, 0.2) is 36.5 Å². The second-order valence-electron chi connectivity index (χ2n) is 6.91. The van der Waals surface area contributed by atoms with E-state index in [2.05, 4.69) is 19.7 Å². The highest BCUT2D eigenvalue weighted by Gasteiger charge is 2.62. The molecule has 0 radical (unpaired) electrons. The van der Waals surface area contributed by atoms with Crippen molar-refractivity contribution in [3.63, 3.8) is 0 Å². The van der Waals surface area contributed by atoms with Gasteiger partial charge in [0.15, 0.2) is 17.3 Å². The molecule has 0 fully saturated rings. The maximum atomic E-state index is 13.2. The van der Waals surface area contributed by atoms with Crippen molar-refractivity contribution in [1.82, 2.24) is 0 Å². The van der Waals surface area contributed by atoms with Crippen LogP contribution in [0.1, 0.15) is 34.1 Å². The maximum absolute atomic E-state index is 13.2. The molecule has 0 heterocycles. The number of hydrogen-bond donors (Lipinski definition) is 3. The van der Waals surface area contributed by atoms with Crippen LogP contribution < -0.4 is 0 Å². The highest BCUT2D eigenvalue weighted by molar-refractivity contribution is 6.19. The summed E-state index contributed by atoms with van der Waals surface area (Å²) < 4.78 is 0. The van der Waals surface area contributed by atoms with Gasteiger partial charge in [-0.25, -0.2) is 0 Å². The number of allylic oxidation sites excluding steroid dienone is 3. The smallest absolute Gasteiger partial charge is 0.169 e. The van der Waals surface area contributed by atoms with Crippen LogP contribution in [0.25, 0.3) is 0 Å². The second kappa shape index (κ2) is 9.16. The molecule has 0 amide bonds. The molecule has 6 heteroatoms. The van der Waals surface area contributed by atoms with Crippen molar-refractivity contribution < 1.29 is 29.7 Å². The van der Waals surface area contributed by atoms with Crippen LogP contribution >= 0.6 is 0 Å². The van der Waals surface area contributed by atoms with E-state index < -0.39 is 53.9 Å². The number of rotatable bonds is 12. The van der Waals surface area contributed by atoms with Gasteiger partial charge in [0.25, 0.3) is 0 Å². The summed E-state index contributed by atoms with van der Waals surface area (Å²) in [6.45, 7) is 14.1. The van der Waals surface area contributed by atoms with Gasteiger partial charge < -0.3 is 15.3 Å². The SMILES string of the molecule is C=C(C)C(=O)C(C(=O)C(=C)C)C(CC)(C(=O)C(=C)C)C(CO)(CO)CO. The monoisotopic (exact) mass is 366 g/mol. The molecule has 0 rings (SSSR count). The third kappa shape index (κ3) is 3.77. The topological polar surface area (TPSA) is 112 Å². The second-order valence-corrected chi connectivity index (χ2v) is 6.91. The number of carbonyl (C=O) groups is 3. The molecular formula is C20H30O6. The number of aliphatic hydroxyl groups excluding tert-OH is 3. The summed E-state index contributed by atoms with van der Waals surface area (Å²) >= 11 is 0. The van der Waals surface area contributed by atoms with Gasteiger partial charge in [0, 0.05) is 0 Å². The van der Waals surface area contributed by atoms with Gasteiger partial charge in [0.1, 0.15) is 0 Å². The first-order valence-electron chi connectivity index (χ1n) is 8.36. The van der Waals surface area contributed by atoms with Crippen molar-refractivity contribution in [3.05, 3.63) is 36.5 Å². The van der Waals surface area contributed by atoms with Crippen LogP contribution in [0.5, 0.6) is 0 Å². The number of carbonyl (C=O) groups excluding carboxylic acids is 3. The summed E-state index contributed by atoms with van der Waals surface area (Å²) in [5, 5.41) is 30.0. The Labute approximate surface area is 154 Å². The van der Waals surface area contributed by atoms with Gasteiger partial charge in [-0.1, -0.05) is 26.7 Å². The Morgan fingerprint density at radius 2 is 1.15 bits per heavy atom.